The summed E-state index contributed by atoms with van der Waals surface area (Å²) >= 11 is 6.09. The average Bonchev–Trinajstić information content (AvgIpc) is 3.00. The molecular formula is C17H15ClN4O3. The number of aromatic nitrogens is 2. The predicted octanol–water partition coefficient (Wildman–Crippen LogP) is 4.04. The first-order valence-electron chi connectivity index (χ1n) is 7.36. The van der Waals surface area contributed by atoms with Crippen LogP contribution in [-0.4, -0.2) is 23.2 Å². The number of amides is 1. The van der Waals surface area contributed by atoms with Crippen molar-refractivity contribution in [2.45, 2.75) is 6.92 Å². The van der Waals surface area contributed by atoms with E-state index in [4.69, 9.17) is 20.9 Å². The standard InChI is InChI=1S/C17H15ClN4O3/c1-10-7-16(22-25-10)21-17(23)14-5-3-12(9-19-14)20-11-4-6-15(24-2)13(18)8-11/h3-9,20H,1-2H3,(H,21,22,23). The predicted molar refractivity (Wildman–Crippen MR) is 94.7 cm³/mol. The van der Waals surface area contributed by atoms with Gasteiger partial charge in [0.1, 0.15) is 17.2 Å². The van der Waals surface area contributed by atoms with Gasteiger partial charge >= 0.3 is 0 Å². The van der Waals surface area contributed by atoms with Crippen molar-refractivity contribution in [3.05, 3.63) is 59.1 Å². The molecule has 0 aliphatic rings. The lowest BCUT2D eigenvalue weighted by Gasteiger charge is -2.09. The molecule has 0 spiro atoms. The zero-order valence-corrected chi connectivity index (χ0v) is 14.3. The van der Waals surface area contributed by atoms with Gasteiger partial charge < -0.3 is 19.9 Å². The van der Waals surface area contributed by atoms with Crippen molar-refractivity contribution in [1.82, 2.24) is 10.1 Å². The minimum Gasteiger partial charge on any atom is -0.495 e. The Bertz CT molecular complexity index is 893. The van der Waals surface area contributed by atoms with Gasteiger partial charge in [-0.2, -0.15) is 0 Å². The molecule has 0 aliphatic carbocycles. The highest BCUT2D eigenvalue weighted by Gasteiger charge is 2.10. The summed E-state index contributed by atoms with van der Waals surface area (Å²) in [7, 11) is 1.56. The van der Waals surface area contributed by atoms with E-state index in [1.807, 2.05) is 6.07 Å². The van der Waals surface area contributed by atoms with Crippen LogP contribution in [0.15, 0.2) is 47.1 Å². The Morgan fingerprint density at radius 2 is 2.00 bits per heavy atom. The van der Waals surface area contributed by atoms with Crippen LogP contribution in [0.3, 0.4) is 0 Å². The molecule has 3 rings (SSSR count). The maximum atomic E-state index is 12.1. The van der Waals surface area contributed by atoms with E-state index in [9.17, 15) is 4.79 Å². The van der Waals surface area contributed by atoms with Gasteiger partial charge in [-0.05, 0) is 37.3 Å². The molecule has 0 saturated carbocycles. The quantitative estimate of drug-likeness (QED) is 0.715. The van der Waals surface area contributed by atoms with Crippen LogP contribution in [0.2, 0.25) is 5.02 Å². The minimum absolute atomic E-state index is 0.263. The number of hydrogen-bond donors (Lipinski definition) is 2. The molecule has 8 heteroatoms. The molecule has 2 heterocycles. The lowest BCUT2D eigenvalue weighted by molar-refractivity contribution is 0.102. The smallest absolute Gasteiger partial charge is 0.275 e. The van der Waals surface area contributed by atoms with Crippen molar-refractivity contribution < 1.29 is 14.1 Å². The van der Waals surface area contributed by atoms with Gasteiger partial charge in [0.15, 0.2) is 5.82 Å². The number of pyridine rings is 1. The van der Waals surface area contributed by atoms with Crippen molar-refractivity contribution in [1.29, 1.82) is 0 Å². The Kier molecular flexibility index (Phi) is 4.85. The molecule has 0 unspecified atom stereocenters. The van der Waals surface area contributed by atoms with Crippen LogP contribution < -0.4 is 15.4 Å². The molecule has 7 nitrogen and oxygen atoms in total. The van der Waals surface area contributed by atoms with Crippen LogP contribution >= 0.6 is 11.6 Å². The van der Waals surface area contributed by atoms with Gasteiger partial charge in [-0.15, -0.1) is 0 Å². The summed E-state index contributed by atoms with van der Waals surface area (Å²) in [5.41, 5.74) is 1.76. The topological polar surface area (TPSA) is 89.3 Å². The molecule has 0 aliphatic heterocycles. The van der Waals surface area contributed by atoms with Gasteiger partial charge in [0.05, 0.1) is 24.0 Å². The maximum absolute atomic E-state index is 12.1. The second kappa shape index (κ2) is 7.23. The number of ether oxygens (including phenoxy) is 1. The van der Waals surface area contributed by atoms with Gasteiger partial charge in [0.25, 0.3) is 5.91 Å². The number of methoxy groups -OCH3 is 1. The Morgan fingerprint density at radius 1 is 1.20 bits per heavy atom. The normalized spacial score (nSPS) is 10.4. The van der Waals surface area contributed by atoms with E-state index in [1.54, 1.807) is 50.6 Å². The Labute approximate surface area is 149 Å². The van der Waals surface area contributed by atoms with E-state index < -0.39 is 0 Å². The average molecular weight is 359 g/mol. The second-order valence-electron chi connectivity index (χ2n) is 5.18. The van der Waals surface area contributed by atoms with Crippen LogP contribution in [0.1, 0.15) is 16.2 Å². The summed E-state index contributed by atoms with van der Waals surface area (Å²) in [5, 5.41) is 9.97. The largest absolute Gasteiger partial charge is 0.495 e. The zero-order valence-electron chi connectivity index (χ0n) is 13.5. The molecule has 0 bridgehead atoms. The third-order valence-electron chi connectivity index (χ3n) is 3.31. The number of aryl methyl sites for hydroxylation is 1. The third-order valence-corrected chi connectivity index (χ3v) is 3.60. The molecule has 0 fully saturated rings. The number of nitrogens with zero attached hydrogens (tertiary/aromatic N) is 2. The van der Waals surface area contributed by atoms with Crippen molar-refractivity contribution in [3.63, 3.8) is 0 Å². The summed E-state index contributed by atoms with van der Waals surface area (Å²) < 4.78 is 10.0. The van der Waals surface area contributed by atoms with Gasteiger partial charge in [-0.25, -0.2) is 4.98 Å². The number of rotatable bonds is 5. The summed E-state index contributed by atoms with van der Waals surface area (Å²) in [4.78, 5) is 16.2. The summed E-state index contributed by atoms with van der Waals surface area (Å²) in [6.07, 6.45) is 1.56. The molecule has 25 heavy (non-hydrogen) atoms. The number of anilines is 3. The molecule has 0 atom stereocenters. The molecule has 0 radical (unpaired) electrons. The zero-order chi connectivity index (χ0) is 17.8. The lowest BCUT2D eigenvalue weighted by atomic mass is 10.2. The van der Waals surface area contributed by atoms with E-state index in [2.05, 4.69) is 20.8 Å². The fourth-order valence-electron chi connectivity index (χ4n) is 2.12. The van der Waals surface area contributed by atoms with Crippen LogP contribution in [0.25, 0.3) is 0 Å². The number of carbonyl (C=O) groups is 1. The van der Waals surface area contributed by atoms with E-state index in [-0.39, 0.29) is 11.6 Å². The molecule has 1 aromatic carbocycles. The highest BCUT2D eigenvalue weighted by atomic mass is 35.5. The van der Waals surface area contributed by atoms with E-state index >= 15 is 0 Å². The fraction of sp³-hybridized carbons (Fsp3) is 0.118. The molecule has 128 valence electrons. The first-order valence-corrected chi connectivity index (χ1v) is 7.74. The first-order chi connectivity index (χ1) is 12.0. The van der Waals surface area contributed by atoms with Crippen LogP contribution in [0, 0.1) is 6.92 Å². The third kappa shape index (κ3) is 4.07. The highest BCUT2D eigenvalue weighted by molar-refractivity contribution is 6.32. The molecule has 2 N–H and O–H groups in total. The van der Waals surface area contributed by atoms with E-state index in [0.717, 1.165) is 11.4 Å². The van der Waals surface area contributed by atoms with Crippen LogP contribution in [0.4, 0.5) is 17.2 Å². The maximum Gasteiger partial charge on any atom is 0.275 e. The number of nitrogens with one attached hydrogen (secondary N) is 2. The summed E-state index contributed by atoms with van der Waals surface area (Å²) in [6, 6.07) is 10.3. The minimum atomic E-state index is -0.368. The summed E-state index contributed by atoms with van der Waals surface area (Å²) in [6.45, 7) is 1.74. The molecule has 2 aromatic heterocycles. The van der Waals surface area contributed by atoms with Gasteiger partial charge in [0, 0.05) is 11.8 Å². The van der Waals surface area contributed by atoms with Crippen molar-refractivity contribution in [2.24, 2.45) is 0 Å². The van der Waals surface area contributed by atoms with Gasteiger partial charge in [0.2, 0.25) is 0 Å². The van der Waals surface area contributed by atoms with Crippen LogP contribution in [-0.2, 0) is 0 Å². The van der Waals surface area contributed by atoms with E-state index in [0.29, 0.717) is 22.4 Å². The van der Waals surface area contributed by atoms with Crippen LogP contribution in [0.5, 0.6) is 5.75 Å². The molecule has 0 saturated heterocycles. The number of hydrogen-bond acceptors (Lipinski definition) is 6. The fourth-order valence-corrected chi connectivity index (χ4v) is 2.38. The van der Waals surface area contributed by atoms with Gasteiger partial charge in [-0.1, -0.05) is 16.8 Å². The molecule has 3 aromatic rings. The Hall–Kier alpha value is -3.06. The lowest BCUT2D eigenvalue weighted by Crippen LogP contribution is -2.13. The van der Waals surface area contributed by atoms with Crippen molar-refractivity contribution in [3.8, 4) is 5.75 Å². The Morgan fingerprint density at radius 3 is 2.60 bits per heavy atom. The SMILES string of the molecule is COc1ccc(Nc2ccc(C(=O)Nc3cc(C)on3)nc2)cc1Cl. The molecule has 1 amide bonds. The monoisotopic (exact) mass is 358 g/mol. The number of halogens is 1. The van der Waals surface area contributed by atoms with Crippen molar-refractivity contribution >= 4 is 34.7 Å². The van der Waals surface area contributed by atoms with Gasteiger partial charge in [-0.3, -0.25) is 4.79 Å². The van der Waals surface area contributed by atoms with E-state index in [1.165, 1.54) is 0 Å². The highest BCUT2D eigenvalue weighted by Crippen LogP contribution is 2.28. The number of carbonyl (C=O) groups excluding carboxylic acids is 1. The summed E-state index contributed by atoms with van der Waals surface area (Å²) in [5.74, 6) is 1.19. The molecular weight excluding hydrogens is 344 g/mol. The second-order valence-corrected chi connectivity index (χ2v) is 5.59. The van der Waals surface area contributed by atoms with Crippen molar-refractivity contribution in [2.75, 3.05) is 17.7 Å². The Balaban J connectivity index is 1.67. The first kappa shape index (κ1) is 16.8. The number of benzene rings is 1.